The summed E-state index contributed by atoms with van der Waals surface area (Å²) in [6.45, 7) is 0. The topological polar surface area (TPSA) is 8.17 Å². The van der Waals surface area contributed by atoms with Crippen molar-refractivity contribution >= 4 is 49.6 Å². The molecule has 0 aliphatic rings. The van der Waals surface area contributed by atoms with Crippen molar-refractivity contribution in [2.45, 2.75) is 0 Å². The Labute approximate surface area is 385 Å². The first-order valence-electron chi connectivity index (χ1n) is 22.7. The summed E-state index contributed by atoms with van der Waals surface area (Å²) in [6, 6.07) is 97.0. The van der Waals surface area contributed by atoms with Gasteiger partial charge in [0.2, 0.25) is 0 Å². The van der Waals surface area contributed by atoms with Crippen LogP contribution in [-0.4, -0.2) is 4.57 Å². The highest BCUT2D eigenvalue weighted by atomic mass is 15.1. The van der Waals surface area contributed by atoms with E-state index in [4.69, 9.17) is 0 Å². The van der Waals surface area contributed by atoms with Crippen LogP contribution in [0, 0.1) is 0 Å². The number of rotatable bonds is 9. The normalized spacial score (nSPS) is 11.3. The average Bonchev–Trinajstić information content (AvgIpc) is 3.72. The second kappa shape index (κ2) is 16.8. The molecule has 0 atom stereocenters. The molecule has 11 aromatic carbocycles. The van der Waals surface area contributed by atoms with Crippen LogP contribution in [0.1, 0.15) is 0 Å². The lowest BCUT2D eigenvalue weighted by atomic mass is 9.86. The largest absolute Gasteiger partial charge is 0.310 e. The third-order valence-corrected chi connectivity index (χ3v) is 13.0. The molecule has 1 heterocycles. The number of benzene rings is 11. The van der Waals surface area contributed by atoms with Crippen molar-refractivity contribution in [3.63, 3.8) is 0 Å². The Bertz CT molecular complexity index is 3680. The predicted octanol–water partition coefficient (Wildman–Crippen LogP) is 17.7. The molecule has 310 valence electrons. The Morgan fingerprint density at radius 3 is 1.33 bits per heavy atom. The zero-order valence-corrected chi connectivity index (χ0v) is 36.3. The number of hydrogen-bond donors (Lipinski definition) is 0. The molecule has 0 N–H and O–H groups in total. The van der Waals surface area contributed by atoms with Crippen LogP contribution in [0.2, 0.25) is 0 Å². The lowest BCUT2D eigenvalue weighted by Gasteiger charge is -2.28. The third kappa shape index (κ3) is 6.84. The van der Waals surface area contributed by atoms with E-state index in [2.05, 4.69) is 276 Å². The molecule has 0 saturated heterocycles. The van der Waals surface area contributed by atoms with Gasteiger partial charge in [-0.25, -0.2) is 0 Å². The molecule has 0 bridgehead atoms. The van der Waals surface area contributed by atoms with Gasteiger partial charge in [-0.05, 0) is 97.9 Å². The SMILES string of the molecule is c1ccc(-c2ccccc2-c2ccc(N(c3ccccc3)c3ccc4c5ccccc5n(-c5c(-c6ccccc6)ccc6ccccc56)c4c3)cc2-c2ccccc2-c2ccccc2)cc1. The summed E-state index contributed by atoms with van der Waals surface area (Å²) in [5.41, 5.74) is 18.5. The number of para-hydroxylation sites is 2. The van der Waals surface area contributed by atoms with Crippen molar-refractivity contribution in [1.29, 1.82) is 0 Å². The van der Waals surface area contributed by atoms with Crippen LogP contribution in [0.4, 0.5) is 17.1 Å². The summed E-state index contributed by atoms with van der Waals surface area (Å²) in [5.74, 6) is 0. The Balaban J connectivity index is 1.13. The highest BCUT2D eigenvalue weighted by Gasteiger charge is 2.23. The van der Waals surface area contributed by atoms with Gasteiger partial charge in [-0.2, -0.15) is 0 Å². The molecular formula is C64H44N2. The first kappa shape index (κ1) is 38.9. The Morgan fingerprint density at radius 2 is 0.682 bits per heavy atom. The van der Waals surface area contributed by atoms with Crippen molar-refractivity contribution in [3.05, 3.63) is 267 Å². The summed E-state index contributed by atoms with van der Waals surface area (Å²) in [5, 5.41) is 4.84. The standard InChI is InChI=1S/C64H44N2/c1-5-21-45(22-6-1)52-30-15-17-33-56(52)58-41-38-50(43-61(58)57-34-18-16-31-53(57)46-23-7-2-8-24-46)65(49-28-11-4-12-29-49)51-39-42-60-59-35-19-20-36-62(59)66(63(60)44-51)64-54-32-14-13-27-48(54)37-40-55(64)47-25-9-3-10-26-47/h1-44H. The van der Waals surface area contributed by atoms with E-state index in [1.54, 1.807) is 0 Å². The summed E-state index contributed by atoms with van der Waals surface area (Å²) in [6.07, 6.45) is 0. The van der Waals surface area contributed by atoms with E-state index in [9.17, 15) is 0 Å². The van der Waals surface area contributed by atoms with E-state index in [0.717, 1.165) is 28.1 Å². The molecule has 0 radical (unpaired) electrons. The molecule has 0 spiro atoms. The second-order valence-electron chi connectivity index (χ2n) is 16.8. The fraction of sp³-hybridized carbons (Fsp3) is 0. The van der Waals surface area contributed by atoms with E-state index in [1.807, 2.05) is 0 Å². The average molecular weight is 841 g/mol. The third-order valence-electron chi connectivity index (χ3n) is 13.0. The van der Waals surface area contributed by atoms with E-state index >= 15 is 0 Å². The molecule has 2 nitrogen and oxygen atoms in total. The summed E-state index contributed by atoms with van der Waals surface area (Å²) in [7, 11) is 0. The van der Waals surface area contributed by atoms with Gasteiger partial charge >= 0.3 is 0 Å². The maximum atomic E-state index is 2.51. The Morgan fingerprint density at radius 1 is 0.242 bits per heavy atom. The molecule has 0 aliphatic carbocycles. The van der Waals surface area contributed by atoms with Crippen molar-refractivity contribution in [2.75, 3.05) is 4.90 Å². The van der Waals surface area contributed by atoms with Gasteiger partial charge in [-0.15, -0.1) is 0 Å². The molecule has 1 aromatic heterocycles. The number of aromatic nitrogens is 1. The van der Waals surface area contributed by atoms with E-state index in [-0.39, 0.29) is 0 Å². The van der Waals surface area contributed by atoms with E-state index in [1.165, 1.54) is 82.8 Å². The van der Waals surface area contributed by atoms with Gasteiger partial charge in [0, 0.05) is 38.8 Å². The quantitative estimate of drug-likeness (QED) is 0.141. The fourth-order valence-corrected chi connectivity index (χ4v) is 10.0. The van der Waals surface area contributed by atoms with Crippen LogP contribution in [0.25, 0.3) is 93.9 Å². The van der Waals surface area contributed by atoms with Crippen molar-refractivity contribution in [2.24, 2.45) is 0 Å². The molecule has 0 saturated carbocycles. The van der Waals surface area contributed by atoms with Crippen LogP contribution in [0.5, 0.6) is 0 Å². The molecule has 66 heavy (non-hydrogen) atoms. The van der Waals surface area contributed by atoms with E-state index < -0.39 is 0 Å². The van der Waals surface area contributed by atoms with Gasteiger partial charge in [0.05, 0.1) is 16.7 Å². The Hall–Kier alpha value is -8.72. The molecule has 0 aliphatic heterocycles. The van der Waals surface area contributed by atoms with Gasteiger partial charge in [0.1, 0.15) is 0 Å². The maximum Gasteiger partial charge on any atom is 0.0618 e. The minimum Gasteiger partial charge on any atom is -0.310 e. The van der Waals surface area contributed by atoms with Crippen LogP contribution in [0.15, 0.2) is 267 Å². The maximum absolute atomic E-state index is 2.51. The van der Waals surface area contributed by atoms with Gasteiger partial charge in [-0.3, -0.25) is 0 Å². The van der Waals surface area contributed by atoms with Gasteiger partial charge in [-0.1, -0.05) is 224 Å². The minimum absolute atomic E-state index is 1.07. The van der Waals surface area contributed by atoms with Crippen LogP contribution in [-0.2, 0) is 0 Å². The zero-order valence-electron chi connectivity index (χ0n) is 36.3. The van der Waals surface area contributed by atoms with Gasteiger partial charge in [0.15, 0.2) is 0 Å². The molecule has 12 rings (SSSR count). The number of anilines is 3. The summed E-state index contributed by atoms with van der Waals surface area (Å²) < 4.78 is 2.51. The van der Waals surface area contributed by atoms with Crippen molar-refractivity contribution in [3.8, 4) is 61.3 Å². The number of nitrogens with zero attached hydrogens (tertiary/aromatic N) is 2. The monoisotopic (exact) mass is 840 g/mol. The number of hydrogen-bond acceptors (Lipinski definition) is 1. The molecule has 0 amide bonds. The predicted molar refractivity (Wildman–Crippen MR) is 280 cm³/mol. The summed E-state index contributed by atoms with van der Waals surface area (Å²) in [4.78, 5) is 2.42. The fourth-order valence-electron chi connectivity index (χ4n) is 10.0. The van der Waals surface area contributed by atoms with Gasteiger partial charge < -0.3 is 9.47 Å². The smallest absolute Gasteiger partial charge is 0.0618 e. The molecule has 0 fully saturated rings. The number of fused-ring (bicyclic) bond motifs is 4. The highest BCUT2D eigenvalue weighted by molar-refractivity contribution is 6.13. The van der Waals surface area contributed by atoms with Gasteiger partial charge in [0.25, 0.3) is 0 Å². The second-order valence-corrected chi connectivity index (χ2v) is 16.8. The van der Waals surface area contributed by atoms with Crippen LogP contribution >= 0.6 is 0 Å². The minimum atomic E-state index is 1.07. The first-order chi connectivity index (χ1) is 32.8. The van der Waals surface area contributed by atoms with Crippen molar-refractivity contribution in [1.82, 2.24) is 4.57 Å². The van der Waals surface area contributed by atoms with E-state index in [0.29, 0.717) is 0 Å². The molecule has 0 unspecified atom stereocenters. The van der Waals surface area contributed by atoms with Crippen molar-refractivity contribution < 1.29 is 0 Å². The molecule has 12 aromatic rings. The first-order valence-corrected chi connectivity index (χ1v) is 22.7. The zero-order chi connectivity index (χ0) is 43.8. The molecule has 2 heteroatoms. The highest BCUT2D eigenvalue weighted by Crippen LogP contribution is 2.47. The summed E-state index contributed by atoms with van der Waals surface area (Å²) >= 11 is 0. The lowest BCUT2D eigenvalue weighted by molar-refractivity contribution is 1.19. The molecular weight excluding hydrogens is 797 g/mol. The lowest BCUT2D eigenvalue weighted by Crippen LogP contribution is -2.10. The van der Waals surface area contributed by atoms with Crippen LogP contribution < -0.4 is 4.90 Å². The Kier molecular flexibility index (Phi) is 9.89. The van der Waals surface area contributed by atoms with Crippen LogP contribution in [0.3, 0.4) is 0 Å².